The van der Waals surface area contributed by atoms with Crippen molar-refractivity contribution < 1.29 is 19.4 Å². The fraction of sp³-hybridized carbons (Fsp3) is 0.833. The Balaban J connectivity index is 1.87. The van der Waals surface area contributed by atoms with Crippen molar-refractivity contribution in [1.82, 2.24) is 10.6 Å². The van der Waals surface area contributed by atoms with Gasteiger partial charge in [-0.05, 0) is 38.5 Å². The highest BCUT2D eigenvalue weighted by molar-refractivity contribution is 5.87. The molecule has 2 aliphatic rings. The number of aliphatic carboxylic acids is 1. The van der Waals surface area contributed by atoms with Gasteiger partial charge in [0.25, 0.3) is 0 Å². The van der Waals surface area contributed by atoms with Crippen molar-refractivity contribution in [2.24, 2.45) is 0 Å². The first-order valence-corrected chi connectivity index (χ1v) is 6.42. The Morgan fingerprint density at radius 2 is 2.00 bits per heavy atom. The van der Waals surface area contributed by atoms with Crippen molar-refractivity contribution in [2.75, 3.05) is 7.11 Å². The van der Waals surface area contributed by atoms with E-state index in [4.69, 9.17) is 9.84 Å². The van der Waals surface area contributed by atoms with E-state index >= 15 is 0 Å². The molecule has 0 aromatic carbocycles. The summed E-state index contributed by atoms with van der Waals surface area (Å²) < 4.78 is 5.28. The van der Waals surface area contributed by atoms with Crippen molar-refractivity contribution in [2.45, 2.75) is 56.2 Å². The number of hydrogen-bond acceptors (Lipinski definition) is 3. The third-order valence-corrected chi connectivity index (χ3v) is 4.04. The van der Waals surface area contributed by atoms with Crippen molar-refractivity contribution in [1.29, 1.82) is 0 Å². The van der Waals surface area contributed by atoms with Gasteiger partial charge in [-0.15, -0.1) is 0 Å². The van der Waals surface area contributed by atoms with Gasteiger partial charge in [-0.3, -0.25) is 0 Å². The number of ether oxygens (including phenoxy) is 1. The van der Waals surface area contributed by atoms with Gasteiger partial charge in [0.1, 0.15) is 5.54 Å². The van der Waals surface area contributed by atoms with Crippen LogP contribution in [0, 0.1) is 0 Å². The second kappa shape index (κ2) is 5.14. The van der Waals surface area contributed by atoms with Gasteiger partial charge in [0.05, 0.1) is 12.1 Å². The number of carbonyl (C=O) groups excluding carboxylic acids is 1. The topological polar surface area (TPSA) is 87.7 Å². The first-order chi connectivity index (χ1) is 8.57. The minimum Gasteiger partial charge on any atom is -0.480 e. The summed E-state index contributed by atoms with van der Waals surface area (Å²) in [5, 5.41) is 14.5. The number of amides is 2. The standard InChI is InChI=1S/C12H20N2O4/c1-18-9-5-2-4-8(9)13-11(17)14-12(10(15)16)6-3-7-12/h8-9H,2-7H2,1H3,(H,15,16)(H2,13,14,17). The highest BCUT2D eigenvalue weighted by atomic mass is 16.5. The molecule has 102 valence electrons. The number of nitrogens with one attached hydrogen (secondary N) is 2. The van der Waals surface area contributed by atoms with Crippen molar-refractivity contribution in [3.8, 4) is 0 Å². The maximum atomic E-state index is 11.8. The molecule has 0 radical (unpaired) electrons. The van der Waals surface area contributed by atoms with Gasteiger partial charge in [0, 0.05) is 7.11 Å². The minimum absolute atomic E-state index is 0.0130. The largest absolute Gasteiger partial charge is 0.480 e. The molecular formula is C12H20N2O4. The van der Waals surface area contributed by atoms with Crippen molar-refractivity contribution >= 4 is 12.0 Å². The summed E-state index contributed by atoms with van der Waals surface area (Å²) in [6.07, 6.45) is 4.74. The molecule has 2 fully saturated rings. The first kappa shape index (κ1) is 13.1. The molecule has 0 aliphatic heterocycles. The maximum absolute atomic E-state index is 11.8. The van der Waals surface area contributed by atoms with E-state index in [0.717, 1.165) is 25.7 Å². The molecule has 2 aliphatic carbocycles. The van der Waals surface area contributed by atoms with Crippen LogP contribution < -0.4 is 10.6 Å². The number of carboxylic acids is 1. The van der Waals surface area contributed by atoms with Crippen LogP contribution in [0.1, 0.15) is 38.5 Å². The molecule has 18 heavy (non-hydrogen) atoms. The van der Waals surface area contributed by atoms with E-state index in [1.165, 1.54) is 0 Å². The molecular weight excluding hydrogens is 236 g/mol. The second-order valence-electron chi connectivity index (χ2n) is 5.15. The van der Waals surface area contributed by atoms with Crippen LogP contribution in [0.2, 0.25) is 0 Å². The molecule has 0 spiro atoms. The lowest BCUT2D eigenvalue weighted by Crippen LogP contribution is -2.62. The average Bonchev–Trinajstić information content (AvgIpc) is 2.70. The second-order valence-corrected chi connectivity index (χ2v) is 5.15. The molecule has 2 unspecified atom stereocenters. The summed E-state index contributed by atoms with van der Waals surface area (Å²) in [5.41, 5.74) is -1.05. The van der Waals surface area contributed by atoms with Gasteiger partial charge in [-0.2, -0.15) is 0 Å². The van der Waals surface area contributed by atoms with E-state index in [-0.39, 0.29) is 12.1 Å². The van der Waals surface area contributed by atoms with E-state index in [9.17, 15) is 9.59 Å². The Labute approximate surface area is 106 Å². The van der Waals surface area contributed by atoms with Crippen LogP contribution in [0.4, 0.5) is 4.79 Å². The number of hydrogen-bond donors (Lipinski definition) is 3. The van der Waals surface area contributed by atoms with Crippen LogP contribution in [0.25, 0.3) is 0 Å². The van der Waals surface area contributed by atoms with E-state index in [1.807, 2.05) is 0 Å². The average molecular weight is 256 g/mol. The third-order valence-electron chi connectivity index (χ3n) is 4.04. The predicted octanol–water partition coefficient (Wildman–Crippen LogP) is 0.860. The quantitative estimate of drug-likeness (QED) is 0.696. The van der Waals surface area contributed by atoms with Crippen molar-refractivity contribution in [3.05, 3.63) is 0 Å². The van der Waals surface area contributed by atoms with Crippen LogP contribution in [0.3, 0.4) is 0 Å². The van der Waals surface area contributed by atoms with Crippen LogP contribution in [0.5, 0.6) is 0 Å². The Bertz CT molecular complexity index is 341. The molecule has 0 aromatic heterocycles. The zero-order valence-electron chi connectivity index (χ0n) is 10.6. The fourth-order valence-corrected chi connectivity index (χ4v) is 2.72. The van der Waals surface area contributed by atoms with Gasteiger partial charge < -0.3 is 20.5 Å². The normalized spacial score (nSPS) is 29.4. The lowest BCUT2D eigenvalue weighted by Gasteiger charge is -2.38. The highest BCUT2D eigenvalue weighted by Crippen LogP contribution is 2.32. The first-order valence-electron chi connectivity index (χ1n) is 6.42. The summed E-state index contributed by atoms with van der Waals surface area (Å²) in [6, 6.07) is -0.410. The number of carbonyl (C=O) groups is 2. The van der Waals surface area contributed by atoms with Gasteiger partial charge in [0.2, 0.25) is 0 Å². The zero-order chi connectivity index (χ0) is 13.2. The molecule has 2 saturated carbocycles. The molecule has 2 amide bonds. The molecule has 6 heteroatoms. The highest BCUT2D eigenvalue weighted by Gasteiger charge is 2.46. The summed E-state index contributed by atoms with van der Waals surface area (Å²) in [6.45, 7) is 0. The molecule has 2 atom stereocenters. The SMILES string of the molecule is COC1CCCC1NC(=O)NC1(C(=O)O)CCC1. The zero-order valence-corrected chi connectivity index (χ0v) is 10.6. The van der Waals surface area contributed by atoms with E-state index < -0.39 is 17.5 Å². The van der Waals surface area contributed by atoms with E-state index in [2.05, 4.69) is 10.6 Å². The predicted molar refractivity (Wildman–Crippen MR) is 64.3 cm³/mol. The van der Waals surface area contributed by atoms with Crippen LogP contribution in [-0.2, 0) is 9.53 Å². The summed E-state index contributed by atoms with van der Waals surface area (Å²) in [7, 11) is 1.63. The van der Waals surface area contributed by atoms with Crippen LogP contribution >= 0.6 is 0 Å². The molecule has 0 heterocycles. The van der Waals surface area contributed by atoms with Gasteiger partial charge in [-0.25, -0.2) is 9.59 Å². The Morgan fingerprint density at radius 1 is 1.28 bits per heavy atom. The van der Waals surface area contributed by atoms with Gasteiger partial charge in [-0.1, -0.05) is 0 Å². The Kier molecular flexibility index (Phi) is 3.75. The number of methoxy groups -OCH3 is 1. The molecule has 0 saturated heterocycles. The third kappa shape index (κ3) is 2.43. The van der Waals surface area contributed by atoms with Gasteiger partial charge >= 0.3 is 12.0 Å². The number of urea groups is 1. The summed E-state index contributed by atoms with van der Waals surface area (Å²) >= 11 is 0. The molecule has 3 N–H and O–H groups in total. The lowest BCUT2D eigenvalue weighted by atomic mass is 9.77. The monoisotopic (exact) mass is 256 g/mol. The lowest BCUT2D eigenvalue weighted by molar-refractivity contribution is -0.148. The van der Waals surface area contributed by atoms with E-state index in [0.29, 0.717) is 12.8 Å². The molecule has 6 nitrogen and oxygen atoms in total. The smallest absolute Gasteiger partial charge is 0.329 e. The van der Waals surface area contributed by atoms with E-state index in [1.54, 1.807) is 7.11 Å². The fourth-order valence-electron chi connectivity index (χ4n) is 2.72. The minimum atomic E-state index is -1.05. The molecule has 0 aromatic rings. The molecule has 0 bridgehead atoms. The molecule has 2 rings (SSSR count). The van der Waals surface area contributed by atoms with Crippen molar-refractivity contribution in [3.63, 3.8) is 0 Å². The summed E-state index contributed by atoms with van der Waals surface area (Å²) in [5.74, 6) is -0.946. The van der Waals surface area contributed by atoms with Gasteiger partial charge in [0.15, 0.2) is 0 Å². The number of rotatable bonds is 4. The summed E-state index contributed by atoms with van der Waals surface area (Å²) in [4.78, 5) is 23.0. The Morgan fingerprint density at radius 3 is 2.50 bits per heavy atom. The Hall–Kier alpha value is -1.30. The maximum Gasteiger partial charge on any atom is 0.329 e. The van der Waals surface area contributed by atoms with Crippen LogP contribution in [-0.4, -0.2) is 41.9 Å². The van der Waals surface area contributed by atoms with Crippen LogP contribution in [0.15, 0.2) is 0 Å². The number of carboxylic acid groups (broad SMARTS) is 1.